The molecule has 0 radical (unpaired) electrons. The number of ether oxygens (including phenoxy) is 1. The fourth-order valence-corrected chi connectivity index (χ4v) is 3.36. The van der Waals surface area contributed by atoms with Crippen molar-refractivity contribution < 1.29 is 18.9 Å². The largest absolute Gasteiger partial charge is 0.496 e. The molecule has 0 aliphatic heterocycles. The lowest BCUT2D eigenvalue weighted by Gasteiger charge is -2.05. The van der Waals surface area contributed by atoms with Crippen LogP contribution in [0.25, 0.3) is 11.3 Å². The molecule has 3 aromatic rings. The van der Waals surface area contributed by atoms with E-state index in [-0.39, 0.29) is 23.4 Å². The first-order valence-electron chi connectivity index (χ1n) is 9.37. The van der Waals surface area contributed by atoms with Crippen LogP contribution in [0, 0.1) is 16.0 Å². The summed E-state index contributed by atoms with van der Waals surface area (Å²) in [7, 11) is 1.48. The van der Waals surface area contributed by atoms with E-state index in [1.165, 1.54) is 31.5 Å². The minimum Gasteiger partial charge on any atom is -0.496 e. The number of nitro groups is 1. The summed E-state index contributed by atoms with van der Waals surface area (Å²) in [6, 6.07) is 17.5. The van der Waals surface area contributed by atoms with Crippen molar-refractivity contribution in [3.63, 3.8) is 0 Å². The number of non-ortho nitro benzene ring substituents is 1. The third-order valence-corrected chi connectivity index (χ3v) is 5.01. The van der Waals surface area contributed by atoms with Gasteiger partial charge >= 0.3 is 0 Å². The Morgan fingerprint density at radius 1 is 1.23 bits per heavy atom. The molecule has 2 atom stereocenters. The van der Waals surface area contributed by atoms with Crippen molar-refractivity contribution in [2.24, 2.45) is 11.0 Å². The normalized spacial score (nSPS) is 17.6. The first-order valence-corrected chi connectivity index (χ1v) is 9.37. The Morgan fingerprint density at radius 2 is 2.03 bits per heavy atom. The number of hydrogen-bond acceptors (Lipinski definition) is 6. The van der Waals surface area contributed by atoms with Gasteiger partial charge < -0.3 is 9.15 Å². The van der Waals surface area contributed by atoms with Gasteiger partial charge in [-0.3, -0.25) is 14.9 Å². The van der Waals surface area contributed by atoms with Gasteiger partial charge in [0.25, 0.3) is 5.69 Å². The van der Waals surface area contributed by atoms with Gasteiger partial charge in [0.2, 0.25) is 5.91 Å². The van der Waals surface area contributed by atoms with Gasteiger partial charge in [0, 0.05) is 18.1 Å². The van der Waals surface area contributed by atoms with E-state index in [0.29, 0.717) is 22.8 Å². The molecule has 2 unspecified atom stereocenters. The number of nitro benzene ring substituents is 1. The molecule has 0 spiro atoms. The number of methoxy groups -OCH3 is 1. The number of rotatable bonds is 7. The molecule has 30 heavy (non-hydrogen) atoms. The summed E-state index contributed by atoms with van der Waals surface area (Å²) in [6.07, 6.45) is 2.20. The van der Waals surface area contributed by atoms with Crippen LogP contribution in [0.5, 0.6) is 5.75 Å². The molecule has 1 amide bonds. The zero-order valence-corrected chi connectivity index (χ0v) is 16.1. The summed E-state index contributed by atoms with van der Waals surface area (Å²) >= 11 is 0. The Hall–Kier alpha value is -3.94. The van der Waals surface area contributed by atoms with E-state index in [1.54, 1.807) is 12.1 Å². The van der Waals surface area contributed by atoms with E-state index in [2.05, 4.69) is 10.5 Å². The molecule has 1 aromatic heterocycles. The van der Waals surface area contributed by atoms with Gasteiger partial charge in [-0.2, -0.15) is 5.10 Å². The SMILES string of the molecule is COc1ccc([N+](=O)[O-])cc1-c1ccc(C=NNC(=O)C2CC2c2ccccc2)o1. The molecule has 1 saturated carbocycles. The lowest BCUT2D eigenvalue weighted by molar-refractivity contribution is -0.384. The predicted octanol–water partition coefficient (Wildman–Crippen LogP) is 4.12. The van der Waals surface area contributed by atoms with Crippen molar-refractivity contribution in [1.29, 1.82) is 0 Å². The van der Waals surface area contributed by atoms with E-state index in [0.717, 1.165) is 12.0 Å². The second kappa shape index (κ2) is 8.20. The predicted molar refractivity (Wildman–Crippen MR) is 110 cm³/mol. The third kappa shape index (κ3) is 4.07. The van der Waals surface area contributed by atoms with Crippen LogP contribution in [0.1, 0.15) is 23.7 Å². The summed E-state index contributed by atoms with van der Waals surface area (Å²) in [5, 5.41) is 15.0. The van der Waals surface area contributed by atoms with Gasteiger partial charge in [0.1, 0.15) is 17.3 Å². The van der Waals surface area contributed by atoms with Crippen LogP contribution in [0.3, 0.4) is 0 Å². The van der Waals surface area contributed by atoms with Crippen LogP contribution in [-0.4, -0.2) is 24.2 Å². The lowest BCUT2D eigenvalue weighted by Crippen LogP contribution is -2.20. The average molecular weight is 405 g/mol. The Labute approximate surface area is 172 Å². The van der Waals surface area contributed by atoms with Crippen molar-refractivity contribution in [1.82, 2.24) is 5.43 Å². The number of amides is 1. The van der Waals surface area contributed by atoms with Crippen LogP contribution in [0.4, 0.5) is 5.69 Å². The first-order chi connectivity index (χ1) is 14.6. The maximum atomic E-state index is 12.3. The molecule has 1 aliphatic rings. The molecule has 0 saturated heterocycles. The van der Waals surface area contributed by atoms with Gasteiger partial charge in [-0.15, -0.1) is 0 Å². The standard InChI is InChI=1S/C22H19N3O5/c1-29-20-9-7-15(25(27)28)11-19(20)21-10-8-16(30-21)13-23-24-22(26)18-12-17(18)14-5-3-2-4-6-14/h2-11,13,17-18H,12H2,1H3,(H,24,26). The number of hydrazone groups is 1. The minimum absolute atomic E-state index is 0.0675. The summed E-state index contributed by atoms with van der Waals surface area (Å²) in [4.78, 5) is 22.8. The minimum atomic E-state index is -0.482. The van der Waals surface area contributed by atoms with E-state index in [4.69, 9.17) is 9.15 Å². The zero-order valence-electron chi connectivity index (χ0n) is 16.1. The maximum absolute atomic E-state index is 12.3. The van der Waals surface area contributed by atoms with Gasteiger partial charge in [0.15, 0.2) is 0 Å². The third-order valence-electron chi connectivity index (χ3n) is 5.01. The molecule has 8 nitrogen and oxygen atoms in total. The van der Waals surface area contributed by atoms with Crippen LogP contribution in [0.15, 0.2) is 70.2 Å². The molecule has 1 fully saturated rings. The zero-order chi connectivity index (χ0) is 21.1. The Kier molecular flexibility index (Phi) is 5.30. The van der Waals surface area contributed by atoms with Crippen molar-refractivity contribution >= 4 is 17.8 Å². The average Bonchev–Trinajstić information content (AvgIpc) is 3.44. The number of carbonyl (C=O) groups excluding carboxylic acids is 1. The second-order valence-corrected chi connectivity index (χ2v) is 6.94. The van der Waals surface area contributed by atoms with E-state index < -0.39 is 4.92 Å². The van der Waals surface area contributed by atoms with Crippen LogP contribution >= 0.6 is 0 Å². The molecule has 1 heterocycles. The van der Waals surface area contributed by atoms with Gasteiger partial charge in [-0.1, -0.05) is 30.3 Å². The molecule has 0 bridgehead atoms. The van der Waals surface area contributed by atoms with Gasteiger partial charge in [0.05, 0.1) is 23.8 Å². The highest BCUT2D eigenvalue weighted by molar-refractivity contribution is 5.85. The Bertz CT molecular complexity index is 1110. The highest BCUT2D eigenvalue weighted by Gasteiger charge is 2.43. The van der Waals surface area contributed by atoms with Crippen LogP contribution in [-0.2, 0) is 4.79 Å². The fraction of sp³-hybridized carbons (Fsp3) is 0.182. The molecule has 4 rings (SSSR count). The second-order valence-electron chi connectivity index (χ2n) is 6.94. The topological polar surface area (TPSA) is 107 Å². The number of furan rings is 1. The van der Waals surface area contributed by atoms with Crippen molar-refractivity contribution in [3.05, 3.63) is 82.1 Å². The monoisotopic (exact) mass is 405 g/mol. The van der Waals surface area contributed by atoms with Gasteiger partial charge in [-0.25, -0.2) is 5.43 Å². The summed E-state index contributed by atoms with van der Waals surface area (Å²) in [6.45, 7) is 0. The molecular formula is C22H19N3O5. The quantitative estimate of drug-likeness (QED) is 0.361. The van der Waals surface area contributed by atoms with E-state index >= 15 is 0 Å². The fourth-order valence-electron chi connectivity index (χ4n) is 3.36. The molecule has 1 aliphatic carbocycles. The van der Waals surface area contributed by atoms with Crippen LogP contribution < -0.4 is 10.2 Å². The smallest absolute Gasteiger partial charge is 0.270 e. The van der Waals surface area contributed by atoms with Crippen molar-refractivity contribution in [2.75, 3.05) is 7.11 Å². The first kappa shape index (κ1) is 19.4. The number of nitrogens with zero attached hydrogens (tertiary/aromatic N) is 2. The number of hydrogen-bond donors (Lipinski definition) is 1. The van der Waals surface area contributed by atoms with E-state index in [9.17, 15) is 14.9 Å². The number of nitrogens with one attached hydrogen (secondary N) is 1. The van der Waals surface area contributed by atoms with Crippen molar-refractivity contribution in [2.45, 2.75) is 12.3 Å². The highest BCUT2D eigenvalue weighted by Crippen LogP contribution is 2.47. The maximum Gasteiger partial charge on any atom is 0.270 e. The molecule has 152 valence electrons. The van der Waals surface area contributed by atoms with Gasteiger partial charge in [-0.05, 0) is 36.1 Å². The molecule has 2 aromatic carbocycles. The van der Waals surface area contributed by atoms with Crippen molar-refractivity contribution in [3.8, 4) is 17.1 Å². The van der Waals surface area contributed by atoms with E-state index in [1.807, 2.05) is 30.3 Å². The molecule has 8 heteroatoms. The summed E-state index contributed by atoms with van der Waals surface area (Å²) in [5.74, 6) is 1.27. The molecule has 1 N–H and O–H groups in total. The summed E-state index contributed by atoms with van der Waals surface area (Å²) in [5.41, 5.74) is 4.09. The molecular weight excluding hydrogens is 386 g/mol. The summed E-state index contributed by atoms with van der Waals surface area (Å²) < 4.78 is 11.0. The Morgan fingerprint density at radius 3 is 2.77 bits per heavy atom. The number of carbonyl (C=O) groups is 1. The lowest BCUT2D eigenvalue weighted by atomic mass is 10.1. The highest BCUT2D eigenvalue weighted by atomic mass is 16.6. The number of benzene rings is 2. The van der Waals surface area contributed by atoms with Crippen LogP contribution in [0.2, 0.25) is 0 Å². The Balaban J connectivity index is 1.41.